The highest BCUT2D eigenvalue weighted by Gasteiger charge is 2.26. The van der Waals surface area contributed by atoms with Crippen LogP contribution in [0.4, 0.5) is 0 Å². The Kier molecular flexibility index (Phi) is 3.09. The molecule has 2 N–H and O–H groups in total. The van der Waals surface area contributed by atoms with Crippen LogP contribution >= 0.6 is 0 Å². The summed E-state index contributed by atoms with van der Waals surface area (Å²) in [6.07, 6.45) is 2.48. The number of nitrogens with two attached hydrogens (primary N) is 1. The molecule has 0 fully saturated rings. The van der Waals surface area contributed by atoms with Gasteiger partial charge in [0.1, 0.15) is 11.9 Å². The van der Waals surface area contributed by atoms with Gasteiger partial charge in [-0.3, -0.25) is 0 Å². The average molecular weight is 256 g/mol. The van der Waals surface area contributed by atoms with Crippen molar-refractivity contribution in [1.29, 1.82) is 0 Å². The van der Waals surface area contributed by atoms with Crippen molar-refractivity contribution in [3.8, 4) is 11.6 Å². The molecule has 4 heteroatoms. The van der Waals surface area contributed by atoms with Gasteiger partial charge in [-0.1, -0.05) is 18.2 Å². The Labute approximate surface area is 112 Å². The maximum atomic E-state index is 6.21. The van der Waals surface area contributed by atoms with Gasteiger partial charge in [0.15, 0.2) is 0 Å². The van der Waals surface area contributed by atoms with E-state index in [9.17, 15) is 0 Å². The van der Waals surface area contributed by atoms with E-state index in [0.717, 1.165) is 23.3 Å². The minimum absolute atomic E-state index is 0.00273. The Morgan fingerprint density at radius 2 is 2.11 bits per heavy atom. The second kappa shape index (κ2) is 4.90. The molecule has 0 radical (unpaired) electrons. The van der Waals surface area contributed by atoms with Crippen molar-refractivity contribution in [3.05, 3.63) is 53.7 Å². The second-order valence-corrected chi connectivity index (χ2v) is 4.62. The standard InChI is InChI=1S/C15H16N2O2/c1-18-15-7-6-10(9-17-15)14-8-12(16)11-4-2-3-5-13(11)19-14/h2-7,9,12,14H,8,16H2,1H3. The first kappa shape index (κ1) is 12.0. The fraction of sp³-hybridized carbons (Fsp3) is 0.267. The van der Waals surface area contributed by atoms with E-state index in [-0.39, 0.29) is 12.1 Å². The van der Waals surface area contributed by atoms with Crippen molar-refractivity contribution >= 4 is 0 Å². The lowest BCUT2D eigenvalue weighted by atomic mass is 9.94. The molecule has 19 heavy (non-hydrogen) atoms. The Hall–Kier alpha value is -2.07. The molecular formula is C15H16N2O2. The van der Waals surface area contributed by atoms with Gasteiger partial charge >= 0.3 is 0 Å². The topological polar surface area (TPSA) is 57.4 Å². The highest BCUT2D eigenvalue weighted by atomic mass is 16.5. The number of hydrogen-bond donors (Lipinski definition) is 1. The Morgan fingerprint density at radius 3 is 2.84 bits per heavy atom. The monoisotopic (exact) mass is 256 g/mol. The van der Waals surface area contributed by atoms with Gasteiger partial charge in [0.2, 0.25) is 5.88 Å². The molecular weight excluding hydrogens is 240 g/mol. The van der Waals surface area contributed by atoms with Crippen LogP contribution in [0.25, 0.3) is 0 Å². The number of aromatic nitrogens is 1. The molecule has 4 nitrogen and oxygen atoms in total. The molecule has 0 saturated carbocycles. The SMILES string of the molecule is COc1ccc(C2CC(N)c3ccccc3O2)cn1. The fourth-order valence-electron chi connectivity index (χ4n) is 2.36. The summed E-state index contributed by atoms with van der Waals surface area (Å²) in [5.41, 5.74) is 8.29. The molecule has 2 unspecified atom stereocenters. The van der Waals surface area contributed by atoms with Crippen LogP contribution in [0.5, 0.6) is 11.6 Å². The first-order chi connectivity index (χ1) is 9.28. The molecule has 1 aliphatic heterocycles. The van der Waals surface area contributed by atoms with Gasteiger partial charge in [0.05, 0.1) is 7.11 Å². The van der Waals surface area contributed by atoms with Gasteiger partial charge in [-0.25, -0.2) is 4.98 Å². The molecule has 0 saturated heterocycles. The summed E-state index contributed by atoms with van der Waals surface area (Å²) < 4.78 is 11.1. The van der Waals surface area contributed by atoms with Crippen molar-refractivity contribution in [2.75, 3.05) is 7.11 Å². The zero-order valence-electron chi connectivity index (χ0n) is 10.7. The molecule has 0 amide bonds. The number of nitrogens with zero attached hydrogens (tertiary/aromatic N) is 1. The molecule has 2 aromatic rings. The van der Waals surface area contributed by atoms with Gasteiger partial charge < -0.3 is 15.2 Å². The number of rotatable bonds is 2. The normalized spacial score (nSPS) is 21.4. The summed E-state index contributed by atoms with van der Waals surface area (Å²) in [6.45, 7) is 0. The summed E-state index contributed by atoms with van der Waals surface area (Å²) in [7, 11) is 1.60. The lowest BCUT2D eigenvalue weighted by Crippen LogP contribution is -2.24. The smallest absolute Gasteiger partial charge is 0.212 e. The number of benzene rings is 1. The minimum Gasteiger partial charge on any atom is -0.485 e. The number of pyridine rings is 1. The zero-order valence-corrected chi connectivity index (χ0v) is 10.7. The van der Waals surface area contributed by atoms with Crippen LogP contribution in [0.2, 0.25) is 0 Å². The van der Waals surface area contributed by atoms with Gasteiger partial charge in [0, 0.05) is 35.9 Å². The summed E-state index contributed by atoms with van der Waals surface area (Å²) in [5, 5.41) is 0. The minimum atomic E-state index is -0.0525. The third kappa shape index (κ3) is 2.27. The highest BCUT2D eigenvalue weighted by molar-refractivity contribution is 5.39. The number of ether oxygens (including phenoxy) is 2. The predicted molar refractivity (Wildman–Crippen MR) is 72.1 cm³/mol. The zero-order chi connectivity index (χ0) is 13.2. The number of hydrogen-bond acceptors (Lipinski definition) is 4. The van der Waals surface area contributed by atoms with Crippen LogP contribution < -0.4 is 15.2 Å². The van der Waals surface area contributed by atoms with Gasteiger partial charge in [0.25, 0.3) is 0 Å². The van der Waals surface area contributed by atoms with Gasteiger partial charge in [-0.2, -0.15) is 0 Å². The first-order valence-electron chi connectivity index (χ1n) is 6.29. The Balaban J connectivity index is 1.87. The lowest BCUT2D eigenvalue weighted by molar-refractivity contribution is 0.161. The molecule has 1 aromatic carbocycles. The molecule has 1 aliphatic rings. The van der Waals surface area contributed by atoms with Crippen LogP contribution in [-0.4, -0.2) is 12.1 Å². The third-order valence-corrected chi connectivity index (χ3v) is 3.40. The molecule has 2 heterocycles. The maximum Gasteiger partial charge on any atom is 0.212 e. The van der Waals surface area contributed by atoms with Crippen molar-refractivity contribution in [2.24, 2.45) is 5.73 Å². The van der Waals surface area contributed by atoms with Crippen LogP contribution in [0.15, 0.2) is 42.6 Å². The Bertz CT molecular complexity index is 569. The summed E-state index contributed by atoms with van der Waals surface area (Å²) in [6, 6.07) is 11.7. The molecule has 0 spiro atoms. The van der Waals surface area contributed by atoms with E-state index in [1.54, 1.807) is 13.3 Å². The van der Waals surface area contributed by atoms with Crippen LogP contribution in [0, 0.1) is 0 Å². The summed E-state index contributed by atoms with van der Waals surface area (Å²) in [4.78, 5) is 4.21. The molecule has 1 aromatic heterocycles. The fourth-order valence-corrected chi connectivity index (χ4v) is 2.36. The largest absolute Gasteiger partial charge is 0.485 e. The number of methoxy groups -OCH3 is 1. The molecule has 3 rings (SSSR count). The van der Waals surface area contributed by atoms with Crippen LogP contribution in [-0.2, 0) is 0 Å². The third-order valence-electron chi connectivity index (χ3n) is 3.40. The van der Waals surface area contributed by atoms with Crippen molar-refractivity contribution in [2.45, 2.75) is 18.6 Å². The number of para-hydroxylation sites is 1. The van der Waals surface area contributed by atoms with E-state index in [0.29, 0.717) is 5.88 Å². The van der Waals surface area contributed by atoms with E-state index < -0.39 is 0 Å². The van der Waals surface area contributed by atoms with Crippen LogP contribution in [0.1, 0.15) is 29.7 Å². The average Bonchev–Trinajstić information content (AvgIpc) is 2.47. The number of fused-ring (bicyclic) bond motifs is 1. The van der Waals surface area contributed by atoms with Crippen LogP contribution in [0.3, 0.4) is 0 Å². The molecule has 0 aliphatic carbocycles. The van der Waals surface area contributed by atoms with E-state index in [2.05, 4.69) is 4.98 Å². The molecule has 0 bridgehead atoms. The van der Waals surface area contributed by atoms with E-state index in [1.807, 2.05) is 36.4 Å². The molecule has 98 valence electrons. The quantitative estimate of drug-likeness (QED) is 0.897. The summed E-state index contributed by atoms with van der Waals surface area (Å²) >= 11 is 0. The van der Waals surface area contributed by atoms with Crippen molar-refractivity contribution in [3.63, 3.8) is 0 Å². The molecule has 2 atom stereocenters. The summed E-state index contributed by atoms with van der Waals surface area (Å²) in [5.74, 6) is 1.46. The maximum absolute atomic E-state index is 6.21. The van der Waals surface area contributed by atoms with E-state index in [4.69, 9.17) is 15.2 Å². The lowest BCUT2D eigenvalue weighted by Gasteiger charge is -2.30. The Morgan fingerprint density at radius 1 is 1.26 bits per heavy atom. The van der Waals surface area contributed by atoms with Crippen molar-refractivity contribution < 1.29 is 9.47 Å². The van der Waals surface area contributed by atoms with Gasteiger partial charge in [-0.15, -0.1) is 0 Å². The first-order valence-corrected chi connectivity index (χ1v) is 6.29. The predicted octanol–water partition coefficient (Wildman–Crippen LogP) is 2.61. The van der Waals surface area contributed by atoms with Gasteiger partial charge in [-0.05, 0) is 12.1 Å². The van der Waals surface area contributed by atoms with E-state index in [1.165, 1.54) is 0 Å². The van der Waals surface area contributed by atoms with Crippen molar-refractivity contribution in [1.82, 2.24) is 4.98 Å². The van der Waals surface area contributed by atoms with E-state index >= 15 is 0 Å². The highest BCUT2D eigenvalue weighted by Crippen LogP contribution is 2.39. The second-order valence-electron chi connectivity index (χ2n) is 4.62.